The second-order valence-electron chi connectivity index (χ2n) is 12.7. The van der Waals surface area contributed by atoms with Crippen molar-refractivity contribution in [1.82, 2.24) is 0 Å². The number of benzene rings is 8. The standard InChI is InChI=1S/C49H37N/c1-4-5-18-34(2)40-25-16-17-28-47(40)50(3)49-42-27-15-14-26-41(42)48(45-33-39(29-30-43(45)49)35-19-8-6-9-20-35)46-32-38-24-13-12-23-37(38)31-44(46)36-21-10-7-11-22-36/h4-33H,1-2H2,3H3/b18-5-. The van der Waals surface area contributed by atoms with Gasteiger partial charge in [0.1, 0.15) is 0 Å². The number of hydrogen-bond acceptors (Lipinski definition) is 1. The minimum absolute atomic E-state index is 0.938. The van der Waals surface area contributed by atoms with Gasteiger partial charge in [-0.3, -0.25) is 0 Å². The predicted molar refractivity (Wildman–Crippen MR) is 218 cm³/mol. The van der Waals surface area contributed by atoms with Crippen molar-refractivity contribution in [2.75, 3.05) is 11.9 Å². The molecule has 0 fully saturated rings. The molecule has 0 spiro atoms. The van der Waals surface area contributed by atoms with Crippen LogP contribution in [0.2, 0.25) is 0 Å². The maximum absolute atomic E-state index is 4.42. The lowest BCUT2D eigenvalue weighted by Gasteiger charge is -2.28. The molecule has 0 aliphatic carbocycles. The highest BCUT2D eigenvalue weighted by molar-refractivity contribution is 6.23. The molecule has 0 N–H and O–H groups in total. The Morgan fingerprint density at radius 3 is 1.82 bits per heavy atom. The zero-order chi connectivity index (χ0) is 34.0. The molecule has 0 bridgehead atoms. The van der Waals surface area contributed by atoms with Gasteiger partial charge in [-0.15, -0.1) is 0 Å². The molecule has 0 saturated carbocycles. The van der Waals surface area contributed by atoms with Crippen LogP contribution in [0.3, 0.4) is 0 Å². The highest BCUT2D eigenvalue weighted by Crippen LogP contribution is 2.49. The van der Waals surface area contributed by atoms with Crippen LogP contribution in [0.15, 0.2) is 195 Å². The largest absolute Gasteiger partial charge is 0.343 e. The Labute approximate surface area is 294 Å². The molecule has 0 aromatic heterocycles. The molecule has 8 aromatic carbocycles. The normalized spacial score (nSPS) is 11.4. The lowest BCUT2D eigenvalue weighted by molar-refractivity contribution is 1.22. The molecule has 0 radical (unpaired) electrons. The fraction of sp³-hybridized carbons (Fsp3) is 0.0204. The lowest BCUT2D eigenvalue weighted by Crippen LogP contribution is -2.13. The molecule has 0 amide bonds. The Morgan fingerprint density at radius 2 is 1.10 bits per heavy atom. The van der Waals surface area contributed by atoms with Crippen molar-refractivity contribution in [2.24, 2.45) is 0 Å². The fourth-order valence-corrected chi connectivity index (χ4v) is 7.35. The van der Waals surface area contributed by atoms with Gasteiger partial charge in [0.05, 0.1) is 5.69 Å². The molecule has 0 saturated heterocycles. The highest BCUT2D eigenvalue weighted by atomic mass is 15.1. The van der Waals surface area contributed by atoms with Gasteiger partial charge >= 0.3 is 0 Å². The molecule has 1 heteroatoms. The number of para-hydroxylation sites is 1. The topological polar surface area (TPSA) is 3.24 Å². The van der Waals surface area contributed by atoms with Crippen molar-refractivity contribution in [3.05, 3.63) is 201 Å². The third kappa shape index (κ3) is 5.49. The fourth-order valence-electron chi connectivity index (χ4n) is 7.35. The monoisotopic (exact) mass is 639 g/mol. The van der Waals surface area contributed by atoms with Crippen molar-refractivity contribution in [1.29, 1.82) is 0 Å². The van der Waals surface area contributed by atoms with Crippen LogP contribution in [0.5, 0.6) is 0 Å². The summed E-state index contributed by atoms with van der Waals surface area (Å²) in [5, 5.41) is 7.26. The van der Waals surface area contributed by atoms with Crippen LogP contribution < -0.4 is 4.90 Å². The third-order valence-corrected chi connectivity index (χ3v) is 9.72. The van der Waals surface area contributed by atoms with E-state index in [9.17, 15) is 0 Å². The third-order valence-electron chi connectivity index (χ3n) is 9.72. The number of allylic oxidation sites excluding steroid dienone is 4. The van der Waals surface area contributed by atoms with Gasteiger partial charge in [0, 0.05) is 29.1 Å². The summed E-state index contributed by atoms with van der Waals surface area (Å²) in [6.07, 6.45) is 5.76. The Balaban J connectivity index is 1.50. The van der Waals surface area contributed by atoms with Gasteiger partial charge in [0.2, 0.25) is 0 Å². The lowest BCUT2D eigenvalue weighted by atomic mass is 9.84. The van der Waals surface area contributed by atoms with Gasteiger partial charge in [-0.05, 0) is 84.8 Å². The average molecular weight is 640 g/mol. The molecule has 0 atom stereocenters. The van der Waals surface area contributed by atoms with E-state index < -0.39 is 0 Å². The van der Waals surface area contributed by atoms with E-state index in [2.05, 4.69) is 189 Å². The number of fused-ring (bicyclic) bond motifs is 3. The van der Waals surface area contributed by atoms with Gasteiger partial charge in [-0.2, -0.15) is 0 Å². The summed E-state index contributed by atoms with van der Waals surface area (Å²) in [5.41, 5.74) is 11.5. The first-order valence-corrected chi connectivity index (χ1v) is 17.1. The summed E-state index contributed by atoms with van der Waals surface area (Å²) >= 11 is 0. The second-order valence-corrected chi connectivity index (χ2v) is 12.7. The average Bonchev–Trinajstić information content (AvgIpc) is 3.18. The summed E-state index contributed by atoms with van der Waals surface area (Å²) < 4.78 is 0. The van der Waals surface area contributed by atoms with Crippen molar-refractivity contribution in [2.45, 2.75) is 0 Å². The number of anilines is 2. The number of hydrogen-bond donors (Lipinski definition) is 0. The second kappa shape index (κ2) is 13.2. The molecular weight excluding hydrogens is 603 g/mol. The number of rotatable bonds is 8. The van der Waals surface area contributed by atoms with Crippen molar-refractivity contribution in [3.63, 3.8) is 0 Å². The van der Waals surface area contributed by atoms with E-state index in [1.54, 1.807) is 6.08 Å². The van der Waals surface area contributed by atoms with Crippen LogP contribution in [-0.4, -0.2) is 7.05 Å². The Kier molecular flexibility index (Phi) is 8.16. The Hall–Kier alpha value is -6.44. The van der Waals surface area contributed by atoms with E-state index in [0.29, 0.717) is 0 Å². The van der Waals surface area contributed by atoms with Crippen molar-refractivity contribution in [3.8, 4) is 33.4 Å². The Bertz CT molecular complexity index is 2570. The summed E-state index contributed by atoms with van der Waals surface area (Å²) in [4.78, 5) is 2.34. The van der Waals surface area contributed by atoms with Crippen LogP contribution in [0.4, 0.5) is 11.4 Å². The van der Waals surface area contributed by atoms with E-state index in [4.69, 9.17) is 0 Å². The van der Waals surface area contributed by atoms with E-state index >= 15 is 0 Å². The van der Waals surface area contributed by atoms with Crippen molar-refractivity contribution >= 4 is 49.3 Å². The van der Waals surface area contributed by atoms with E-state index in [1.807, 2.05) is 12.2 Å². The van der Waals surface area contributed by atoms with E-state index in [1.165, 1.54) is 65.7 Å². The van der Waals surface area contributed by atoms with Gasteiger partial charge in [0.15, 0.2) is 0 Å². The molecule has 0 aliphatic rings. The maximum atomic E-state index is 4.42. The zero-order valence-corrected chi connectivity index (χ0v) is 28.2. The number of nitrogens with zero attached hydrogens (tertiary/aromatic N) is 1. The van der Waals surface area contributed by atoms with Gasteiger partial charge < -0.3 is 4.90 Å². The first-order chi connectivity index (χ1) is 24.6. The van der Waals surface area contributed by atoms with Crippen molar-refractivity contribution < 1.29 is 0 Å². The minimum Gasteiger partial charge on any atom is -0.343 e. The molecule has 0 unspecified atom stereocenters. The molecule has 1 nitrogen and oxygen atoms in total. The van der Waals surface area contributed by atoms with Crippen LogP contribution in [-0.2, 0) is 0 Å². The minimum atomic E-state index is 0.938. The van der Waals surface area contributed by atoms with Crippen LogP contribution >= 0.6 is 0 Å². The molecule has 50 heavy (non-hydrogen) atoms. The summed E-state index contributed by atoms with van der Waals surface area (Å²) in [7, 11) is 2.18. The molecular formula is C49H37N. The van der Waals surface area contributed by atoms with Gasteiger partial charge in [0.25, 0.3) is 0 Å². The predicted octanol–water partition coefficient (Wildman–Crippen LogP) is 13.7. The molecule has 8 rings (SSSR count). The zero-order valence-electron chi connectivity index (χ0n) is 28.2. The van der Waals surface area contributed by atoms with Crippen LogP contribution in [0.25, 0.3) is 71.3 Å². The first-order valence-electron chi connectivity index (χ1n) is 17.1. The summed E-state index contributed by atoms with van der Waals surface area (Å²) in [6.45, 7) is 8.29. The quantitative estimate of drug-likeness (QED) is 0.118. The first kappa shape index (κ1) is 30.9. The van der Waals surface area contributed by atoms with E-state index in [-0.39, 0.29) is 0 Å². The maximum Gasteiger partial charge on any atom is 0.0568 e. The van der Waals surface area contributed by atoms with Gasteiger partial charge in [-0.1, -0.05) is 171 Å². The van der Waals surface area contributed by atoms with E-state index in [0.717, 1.165) is 22.5 Å². The summed E-state index contributed by atoms with van der Waals surface area (Å²) in [5.74, 6) is 0. The smallest absolute Gasteiger partial charge is 0.0568 e. The molecule has 8 aromatic rings. The summed E-state index contributed by atoms with van der Waals surface area (Å²) in [6, 6.07) is 59.3. The van der Waals surface area contributed by atoms with Crippen LogP contribution in [0, 0.1) is 0 Å². The highest BCUT2D eigenvalue weighted by Gasteiger charge is 2.22. The Morgan fingerprint density at radius 1 is 0.520 bits per heavy atom. The molecule has 238 valence electrons. The SMILES string of the molecule is C=C/C=C\C(=C)c1ccccc1N(C)c1c2ccccc2c(-c2cc3ccccc3cc2-c2ccccc2)c2cc(-c3ccccc3)ccc12. The van der Waals surface area contributed by atoms with Gasteiger partial charge in [-0.25, -0.2) is 0 Å². The molecule has 0 heterocycles. The van der Waals surface area contributed by atoms with Crippen LogP contribution in [0.1, 0.15) is 5.56 Å². The molecule has 0 aliphatic heterocycles.